The molecule has 0 spiro atoms. The summed E-state index contributed by atoms with van der Waals surface area (Å²) in [5.41, 5.74) is 1.77. The van der Waals surface area contributed by atoms with Crippen LogP contribution in [0.2, 0.25) is 0 Å². The van der Waals surface area contributed by atoms with Crippen molar-refractivity contribution >= 4 is 43.1 Å². The van der Waals surface area contributed by atoms with Crippen LogP contribution in [0.3, 0.4) is 0 Å². The molecule has 0 aliphatic carbocycles. The molecule has 1 aromatic heterocycles. The van der Waals surface area contributed by atoms with Gasteiger partial charge in [0.1, 0.15) is 0 Å². The molecule has 94 valence electrons. The van der Waals surface area contributed by atoms with Crippen LogP contribution in [-0.2, 0) is 0 Å². The summed E-state index contributed by atoms with van der Waals surface area (Å²) in [6.45, 7) is 1.97. The molecule has 0 fully saturated rings. The molecule has 0 radical (unpaired) electrons. The second-order valence-corrected chi connectivity index (χ2v) is 6.44. The van der Waals surface area contributed by atoms with Gasteiger partial charge in [0.15, 0.2) is 0 Å². The zero-order chi connectivity index (χ0) is 13.4. The monoisotopic (exact) mass is 330 g/mol. The Kier molecular flexibility index (Phi) is 3.25. The van der Waals surface area contributed by atoms with Gasteiger partial charge in [-0.05, 0) is 42.1 Å². The fourth-order valence-corrected chi connectivity index (χ4v) is 3.44. The highest BCUT2D eigenvalue weighted by molar-refractivity contribution is 9.10. The number of hydrogen-bond acceptors (Lipinski definition) is 2. The summed E-state index contributed by atoms with van der Waals surface area (Å²) < 4.78 is 2.08. The number of carbonyl (C=O) groups is 1. The molecule has 0 bridgehead atoms. The van der Waals surface area contributed by atoms with Gasteiger partial charge < -0.3 is 0 Å². The minimum atomic E-state index is 0.0972. The Morgan fingerprint density at radius 2 is 1.89 bits per heavy atom. The van der Waals surface area contributed by atoms with E-state index in [1.165, 1.54) is 0 Å². The Labute approximate surface area is 124 Å². The van der Waals surface area contributed by atoms with Gasteiger partial charge in [-0.1, -0.05) is 40.2 Å². The van der Waals surface area contributed by atoms with Crippen molar-refractivity contribution < 1.29 is 4.79 Å². The van der Waals surface area contributed by atoms with E-state index >= 15 is 0 Å². The van der Waals surface area contributed by atoms with Crippen molar-refractivity contribution in [2.45, 2.75) is 6.92 Å². The van der Waals surface area contributed by atoms with Crippen LogP contribution >= 0.6 is 27.3 Å². The van der Waals surface area contributed by atoms with Crippen molar-refractivity contribution in [2.75, 3.05) is 0 Å². The molecule has 0 atom stereocenters. The summed E-state index contributed by atoms with van der Waals surface area (Å²) in [5.74, 6) is 0.0972. The van der Waals surface area contributed by atoms with Crippen molar-refractivity contribution in [3.05, 3.63) is 69.0 Å². The Morgan fingerprint density at radius 3 is 2.68 bits per heavy atom. The molecule has 3 heteroatoms. The fraction of sp³-hybridized carbons (Fsp3) is 0.0625. The van der Waals surface area contributed by atoms with Gasteiger partial charge in [-0.25, -0.2) is 0 Å². The van der Waals surface area contributed by atoms with Gasteiger partial charge in [0.2, 0.25) is 5.78 Å². The highest BCUT2D eigenvalue weighted by Crippen LogP contribution is 2.28. The Morgan fingerprint density at radius 1 is 1.11 bits per heavy atom. The molecule has 0 unspecified atom stereocenters. The zero-order valence-corrected chi connectivity index (χ0v) is 12.7. The predicted octanol–water partition coefficient (Wildman–Crippen LogP) is 5.20. The topological polar surface area (TPSA) is 17.1 Å². The summed E-state index contributed by atoms with van der Waals surface area (Å²) >= 11 is 4.97. The van der Waals surface area contributed by atoms with Crippen molar-refractivity contribution in [1.82, 2.24) is 0 Å². The molecular formula is C16H11BrOS. The molecule has 0 N–H and O–H groups in total. The van der Waals surface area contributed by atoms with E-state index in [1.807, 2.05) is 55.5 Å². The second-order valence-electron chi connectivity index (χ2n) is 4.44. The second kappa shape index (κ2) is 4.91. The lowest BCUT2D eigenvalue weighted by molar-refractivity contribution is 0.104. The smallest absolute Gasteiger partial charge is 0.203 e. The summed E-state index contributed by atoms with van der Waals surface area (Å²) in [6, 6.07) is 15.9. The molecule has 0 amide bonds. The molecule has 1 nitrogen and oxygen atoms in total. The molecule has 19 heavy (non-hydrogen) atoms. The van der Waals surface area contributed by atoms with Crippen LogP contribution in [0.4, 0.5) is 0 Å². The van der Waals surface area contributed by atoms with Crippen LogP contribution in [-0.4, -0.2) is 5.78 Å². The molecule has 2 aromatic carbocycles. The maximum Gasteiger partial charge on any atom is 0.203 e. The van der Waals surface area contributed by atoms with Crippen molar-refractivity contribution in [1.29, 1.82) is 0 Å². The van der Waals surface area contributed by atoms with E-state index in [-0.39, 0.29) is 5.78 Å². The minimum Gasteiger partial charge on any atom is -0.288 e. The lowest BCUT2D eigenvalue weighted by atomic mass is 10.0. The Balaban J connectivity index is 2.10. The quantitative estimate of drug-likeness (QED) is 0.590. The SMILES string of the molecule is Cc1ccc(Br)cc1C(=O)c1cc2ccccc2s1. The number of halogens is 1. The maximum absolute atomic E-state index is 12.6. The lowest BCUT2D eigenvalue weighted by Crippen LogP contribution is -2.01. The van der Waals surface area contributed by atoms with Crippen molar-refractivity contribution in [2.24, 2.45) is 0 Å². The third-order valence-electron chi connectivity index (χ3n) is 3.09. The van der Waals surface area contributed by atoms with Crippen LogP contribution in [0.25, 0.3) is 10.1 Å². The summed E-state index contributed by atoms with van der Waals surface area (Å²) in [5, 5.41) is 1.13. The lowest BCUT2D eigenvalue weighted by Gasteiger charge is -2.03. The van der Waals surface area contributed by atoms with Gasteiger partial charge in [-0.3, -0.25) is 4.79 Å². The number of carbonyl (C=O) groups excluding carboxylic acids is 1. The third kappa shape index (κ3) is 2.36. The standard InChI is InChI=1S/C16H11BrOS/c1-10-6-7-12(17)9-13(10)16(18)15-8-11-4-2-3-5-14(11)19-15/h2-9H,1H3. The van der Waals surface area contributed by atoms with Gasteiger partial charge >= 0.3 is 0 Å². The number of aryl methyl sites for hydroxylation is 1. The summed E-state index contributed by atoms with van der Waals surface area (Å²) in [7, 11) is 0. The van der Waals surface area contributed by atoms with Crippen molar-refractivity contribution in [3.8, 4) is 0 Å². The molecule has 3 rings (SSSR count). The number of thiophene rings is 1. The molecule has 0 aliphatic rings. The normalized spacial score (nSPS) is 10.8. The van der Waals surface area contributed by atoms with Crippen molar-refractivity contribution in [3.63, 3.8) is 0 Å². The number of benzene rings is 2. The fourth-order valence-electron chi connectivity index (χ4n) is 2.07. The predicted molar refractivity (Wildman–Crippen MR) is 84.1 cm³/mol. The maximum atomic E-state index is 12.6. The van der Waals surface area contributed by atoms with Crippen LogP contribution in [0.1, 0.15) is 20.8 Å². The van der Waals surface area contributed by atoms with Gasteiger partial charge in [-0.15, -0.1) is 11.3 Å². The third-order valence-corrected chi connectivity index (χ3v) is 4.70. The first-order valence-electron chi connectivity index (χ1n) is 5.94. The number of ketones is 1. The van der Waals surface area contributed by atoms with Crippen LogP contribution in [0, 0.1) is 6.92 Å². The summed E-state index contributed by atoms with van der Waals surface area (Å²) in [4.78, 5) is 13.4. The zero-order valence-electron chi connectivity index (χ0n) is 10.3. The minimum absolute atomic E-state index is 0.0972. The van der Waals surface area contributed by atoms with Gasteiger partial charge in [0.05, 0.1) is 4.88 Å². The van der Waals surface area contributed by atoms with E-state index in [0.717, 1.165) is 30.6 Å². The largest absolute Gasteiger partial charge is 0.288 e. The molecule has 0 saturated heterocycles. The first-order valence-corrected chi connectivity index (χ1v) is 7.55. The van der Waals surface area contributed by atoms with E-state index in [9.17, 15) is 4.79 Å². The van der Waals surface area contributed by atoms with Gasteiger partial charge in [0, 0.05) is 14.7 Å². The highest BCUT2D eigenvalue weighted by Gasteiger charge is 2.15. The van der Waals surface area contributed by atoms with Crippen LogP contribution < -0.4 is 0 Å². The Hall–Kier alpha value is -1.45. The average Bonchev–Trinajstić information content (AvgIpc) is 2.84. The molecule has 0 aliphatic heterocycles. The molecular weight excluding hydrogens is 320 g/mol. The first kappa shape index (κ1) is 12.6. The molecule has 3 aromatic rings. The summed E-state index contributed by atoms with van der Waals surface area (Å²) in [6.07, 6.45) is 0. The van der Waals surface area contributed by atoms with E-state index < -0.39 is 0 Å². The van der Waals surface area contributed by atoms with E-state index in [1.54, 1.807) is 11.3 Å². The van der Waals surface area contributed by atoms with E-state index in [0.29, 0.717) is 0 Å². The van der Waals surface area contributed by atoms with E-state index in [2.05, 4.69) is 15.9 Å². The van der Waals surface area contributed by atoms with E-state index in [4.69, 9.17) is 0 Å². The first-order chi connectivity index (χ1) is 9.15. The van der Waals surface area contributed by atoms with Gasteiger partial charge in [0.25, 0.3) is 0 Å². The van der Waals surface area contributed by atoms with Gasteiger partial charge in [-0.2, -0.15) is 0 Å². The molecule has 0 saturated carbocycles. The molecule has 1 heterocycles. The number of fused-ring (bicyclic) bond motifs is 1. The Bertz CT molecular complexity index is 740. The number of hydrogen-bond donors (Lipinski definition) is 0. The average molecular weight is 331 g/mol. The highest BCUT2D eigenvalue weighted by atomic mass is 79.9. The van der Waals surface area contributed by atoms with Crippen LogP contribution in [0.5, 0.6) is 0 Å². The van der Waals surface area contributed by atoms with Crippen LogP contribution in [0.15, 0.2) is 53.0 Å². The number of rotatable bonds is 2.